The van der Waals surface area contributed by atoms with Crippen LogP contribution < -0.4 is 9.64 Å². The van der Waals surface area contributed by atoms with Crippen LogP contribution in [0.3, 0.4) is 0 Å². The minimum Gasteiger partial charge on any atom is -0.480 e. The molecule has 0 aromatic carbocycles. The number of rotatable bonds is 2. The Hall–Kier alpha value is -0.880. The molecule has 5 nitrogen and oxygen atoms in total. The summed E-state index contributed by atoms with van der Waals surface area (Å²) in [7, 11) is 1.57. The van der Waals surface area contributed by atoms with Gasteiger partial charge in [-0.15, -0.1) is 0 Å². The van der Waals surface area contributed by atoms with E-state index in [1.165, 1.54) is 0 Å². The minimum absolute atomic E-state index is 0.511. The molecule has 16 heavy (non-hydrogen) atoms. The zero-order valence-corrected chi connectivity index (χ0v) is 10.9. The molecule has 1 N–H and O–H groups in total. The van der Waals surface area contributed by atoms with E-state index in [1.54, 1.807) is 13.3 Å². The Morgan fingerprint density at radius 2 is 2.38 bits per heavy atom. The molecule has 1 aliphatic rings. The summed E-state index contributed by atoms with van der Waals surface area (Å²) >= 11 is 3.30. The predicted octanol–water partition coefficient (Wildman–Crippen LogP) is 1.21. The van der Waals surface area contributed by atoms with Crippen molar-refractivity contribution >= 4 is 21.9 Å². The molecule has 1 aromatic heterocycles. The van der Waals surface area contributed by atoms with Gasteiger partial charge < -0.3 is 14.7 Å². The second-order valence-corrected chi connectivity index (χ2v) is 5.05. The van der Waals surface area contributed by atoms with Gasteiger partial charge >= 0.3 is 0 Å². The van der Waals surface area contributed by atoms with Gasteiger partial charge in [0, 0.05) is 13.1 Å². The maximum absolute atomic E-state index is 9.87. The summed E-state index contributed by atoms with van der Waals surface area (Å²) in [6, 6.07) is 0. The number of β-amino-alcohol motifs (C(OH)–C–C–N with tert-alkyl or cyclic N) is 1. The van der Waals surface area contributed by atoms with Crippen molar-refractivity contribution in [2.24, 2.45) is 0 Å². The second kappa shape index (κ2) is 4.18. The zero-order chi connectivity index (χ0) is 11.8. The molecule has 1 aliphatic heterocycles. The fraction of sp³-hybridized carbons (Fsp3) is 0.600. The highest BCUT2D eigenvalue weighted by Gasteiger charge is 2.32. The molecule has 0 radical (unpaired) electrons. The standard InChI is InChI=1S/C10H14BrN3O2/c1-10(15)3-4-14(6-10)9-12-5-7(11)8(13-9)16-2/h5,15H,3-4,6H2,1-2H3. The van der Waals surface area contributed by atoms with Crippen molar-refractivity contribution in [3.05, 3.63) is 10.7 Å². The van der Waals surface area contributed by atoms with E-state index in [2.05, 4.69) is 25.9 Å². The smallest absolute Gasteiger partial charge is 0.232 e. The molecule has 1 aromatic rings. The highest BCUT2D eigenvalue weighted by molar-refractivity contribution is 9.10. The van der Waals surface area contributed by atoms with Crippen LogP contribution >= 0.6 is 15.9 Å². The molecular weight excluding hydrogens is 274 g/mol. The summed E-state index contributed by atoms with van der Waals surface area (Å²) in [6.07, 6.45) is 2.39. The average Bonchev–Trinajstić information content (AvgIpc) is 2.59. The van der Waals surface area contributed by atoms with E-state index in [0.717, 1.165) is 17.4 Å². The lowest BCUT2D eigenvalue weighted by molar-refractivity contribution is 0.0838. The molecule has 0 bridgehead atoms. The Morgan fingerprint density at radius 1 is 1.62 bits per heavy atom. The molecule has 1 unspecified atom stereocenters. The van der Waals surface area contributed by atoms with Gasteiger partial charge in [-0.2, -0.15) is 4.98 Å². The Kier molecular flexibility index (Phi) is 3.03. The van der Waals surface area contributed by atoms with Gasteiger partial charge in [0.25, 0.3) is 0 Å². The number of aromatic nitrogens is 2. The maximum Gasteiger partial charge on any atom is 0.232 e. The number of ether oxygens (including phenoxy) is 1. The van der Waals surface area contributed by atoms with Crippen molar-refractivity contribution in [1.82, 2.24) is 9.97 Å². The van der Waals surface area contributed by atoms with Gasteiger partial charge in [0.05, 0.1) is 23.4 Å². The van der Waals surface area contributed by atoms with Crippen molar-refractivity contribution in [1.29, 1.82) is 0 Å². The number of anilines is 1. The van der Waals surface area contributed by atoms with E-state index in [0.29, 0.717) is 18.4 Å². The quantitative estimate of drug-likeness (QED) is 0.886. The van der Waals surface area contributed by atoms with Crippen LogP contribution in [0.15, 0.2) is 10.7 Å². The molecule has 0 saturated carbocycles. The summed E-state index contributed by atoms with van der Waals surface area (Å²) in [5, 5.41) is 9.87. The highest BCUT2D eigenvalue weighted by atomic mass is 79.9. The molecule has 1 fully saturated rings. The molecule has 2 heterocycles. The van der Waals surface area contributed by atoms with Crippen molar-refractivity contribution in [2.45, 2.75) is 18.9 Å². The molecule has 1 saturated heterocycles. The van der Waals surface area contributed by atoms with Crippen LogP contribution in [0, 0.1) is 0 Å². The molecular formula is C10H14BrN3O2. The SMILES string of the molecule is COc1nc(N2CCC(C)(O)C2)ncc1Br. The number of methoxy groups -OCH3 is 1. The number of hydrogen-bond acceptors (Lipinski definition) is 5. The summed E-state index contributed by atoms with van der Waals surface area (Å²) in [5.41, 5.74) is -0.649. The molecule has 0 amide bonds. The summed E-state index contributed by atoms with van der Waals surface area (Å²) in [6.45, 7) is 3.14. The first-order valence-electron chi connectivity index (χ1n) is 5.06. The minimum atomic E-state index is -0.649. The van der Waals surface area contributed by atoms with E-state index < -0.39 is 5.60 Å². The van der Waals surface area contributed by atoms with E-state index >= 15 is 0 Å². The third-order valence-electron chi connectivity index (χ3n) is 2.63. The van der Waals surface area contributed by atoms with Crippen LogP contribution in [0.4, 0.5) is 5.95 Å². The Morgan fingerprint density at radius 3 is 2.94 bits per heavy atom. The first-order valence-corrected chi connectivity index (χ1v) is 5.85. The molecule has 1 atom stereocenters. The second-order valence-electron chi connectivity index (χ2n) is 4.20. The van der Waals surface area contributed by atoms with Gasteiger partial charge in [0.15, 0.2) is 0 Å². The summed E-state index contributed by atoms with van der Waals surface area (Å²) in [5.74, 6) is 1.11. The third-order valence-corrected chi connectivity index (χ3v) is 3.17. The van der Waals surface area contributed by atoms with Gasteiger partial charge in [-0.1, -0.05) is 0 Å². The molecule has 0 spiro atoms. The lowest BCUT2D eigenvalue weighted by Gasteiger charge is -2.19. The monoisotopic (exact) mass is 287 g/mol. The third kappa shape index (κ3) is 2.27. The van der Waals surface area contributed by atoms with Crippen LogP contribution in [0.1, 0.15) is 13.3 Å². The molecule has 6 heteroatoms. The predicted molar refractivity (Wildman–Crippen MR) is 63.7 cm³/mol. The van der Waals surface area contributed by atoms with Crippen LogP contribution in [0.5, 0.6) is 5.88 Å². The van der Waals surface area contributed by atoms with Gasteiger partial charge in [0.2, 0.25) is 11.8 Å². The topological polar surface area (TPSA) is 58.5 Å². The van der Waals surface area contributed by atoms with Crippen molar-refractivity contribution in [2.75, 3.05) is 25.1 Å². The molecule has 2 rings (SSSR count). The fourth-order valence-electron chi connectivity index (χ4n) is 1.75. The lowest BCUT2D eigenvalue weighted by atomic mass is 10.1. The first-order chi connectivity index (χ1) is 7.52. The van der Waals surface area contributed by atoms with Gasteiger partial charge in [-0.05, 0) is 29.3 Å². The fourth-order valence-corrected chi connectivity index (χ4v) is 2.11. The Labute approximate surface area is 103 Å². The van der Waals surface area contributed by atoms with Gasteiger partial charge in [-0.25, -0.2) is 4.98 Å². The van der Waals surface area contributed by atoms with Gasteiger partial charge in [0.1, 0.15) is 0 Å². The molecule has 0 aliphatic carbocycles. The number of halogens is 1. The van der Waals surface area contributed by atoms with Crippen molar-refractivity contribution < 1.29 is 9.84 Å². The van der Waals surface area contributed by atoms with E-state index in [4.69, 9.17) is 4.74 Å². The van der Waals surface area contributed by atoms with Crippen LogP contribution in [0.25, 0.3) is 0 Å². The highest BCUT2D eigenvalue weighted by Crippen LogP contribution is 2.27. The number of aliphatic hydroxyl groups is 1. The number of hydrogen-bond donors (Lipinski definition) is 1. The van der Waals surface area contributed by atoms with Crippen LogP contribution in [0.2, 0.25) is 0 Å². The molecule has 88 valence electrons. The van der Waals surface area contributed by atoms with Crippen LogP contribution in [-0.4, -0.2) is 40.9 Å². The zero-order valence-electron chi connectivity index (χ0n) is 9.27. The Balaban J connectivity index is 2.22. The van der Waals surface area contributed by atoms with Crippen molar-refractivity contribution in [3.63, 3.8) is 0 Å². The van der Waals surface area contributed by atoms with Gasteiger partial charge in [-0.3, -0.25) is 0 Å². The lowest BCUT2D eigenvalue weighted by Crippen LogP contribution is -2.30. The summed E-state index contributed by atoms with van der Waals surface area (Å²) < 4.78 is 5.84. The van der Waals surface area contributed by atoms with Crippen molar-refractivity contribution in [3.8, 4) is 5.88 Å². The van der Waals surface area contributed by atoms with Crippen LogP contribution in [-0.2, 0) is 0 Å². The number of nitrogens with zero attached hydrogens (tertiary/aromatic N) is 3. The van der Waals surface area contributed by atoms with E-state index in [-0.39, 0.29) is 0 Å². The van der Waals surface area contributed by atoms with E-state index in [9.17, 15) is 5.11 Å². The Bertz CT molecular complexity index is 398. The average molecular weight is 288 g/mol. The van der Waals surface area contributed by atoms with E-state index in [1.807, 2.05) is 11.8 Å². The summed E-state index contributed by atoms with van der Waals surface area (Å²) in [4.78, 5) is 10.4. The first kappa shape index (κ1) is 11.6. The maximum atomic E-state index is 9.87. The largest absolute Gasteiger partial charge is 0.480 e. The normalized spacial score (nSPS) is 24.9.